The molecule has 39 heavy (non-hydrogen) atoms. The molecule has 11 nitrogen and oxygen atoms in total. The zero-order valence-corrected chi connectivity index (χ0v) is 23.4. The third kappa shape index (κ3) is 4.67. The number of hydrogen-bond acceptors (Lipinski definition) is 11. The summed E-state index contributed by atoms with van der Waals surface area (Å²) >= 11 is 0. The molecule has 11 heteroatoms. The molecule has 1 saturated heterocycles. The molecular formula is C28H38O11. The lowest BCUT2D eigenvalue weighted by molar-refractivity contribution is -0.318. The van der Waals surface area contributed by atoms with Gasteiger partial charge in [0.2, 0.25) is 0 Å². The Morgan fingerprint density at radius 1 is 1.00 bits per heavy atom. The molecule has 0 spiro atoms. The summed E-state index contributed by atoms with van der Waals surface area (Å²) in [4.78, 5) is 63.3. The zero-order valence-electron chi connectivity index (χ0n) is 23.4. The van der Waals surface area contributed by atoms with Gasteiger partial charge in [-0.2, -0.15) is 0 Å². The Balaban J connectivity index is 2.00. The number of carbonyl (C=O) groups is 5. The number of ketones is 1. The predicted octanol–water partition coefficient (Wildman–Crippen LogP) is 1.88. The number of fused-ring (bicyclic) bond motifs is 2. The van der Waals surface area contributed by atoms with Crippen molar-refractivity contribution in [2.75, 3.05) is 6.61 Å². The standard InChI is InChI=1S/C28H38O11/c1-12-8-20(36-15(4)30)26(38-17(6)32)27(7)18(12)9-21-28(11-35-14(3)29)19(10-22(33)39-21)13(2)24(37-16(5)31)23(34)25(27)28/h8,13,18-22,24-26,33H,9-11H2,1-7H3. The summed E-state index contributed by atoms with van der Waals surface area (Å²) in [5.41, 5.74) is -1.52. The molecule has 0 bridgehead atoms. The third-order valence-corrected chi connectivity index (χ3v) is 9.41. The van der Waals surface area contributed by atoms with Crippen LogP contribution in [0.2, 0.25) is 0 Å². The van der Waals surface area contributed by atoms with Crippen LogP contribution < -0.4 is 0 Å². The monoisotopic (exact) mass is 550 g/mol. The van der Waals surface area contributed by atoms with Gasteiger partial charge in [-0.05, 0) is 31.3 Å². The highest BCUT2D eigenvalue weighted by Crippen LogP contribution is 2.69. The Kier molecular flexibility index (Phi) is 7.72. The Morgan fingerprint density at radius 2 is 1.62 bits per heavy atom. The fourth-order valence-corrected chi connectivity index (χ4v) is 8.25. The molecule has 1 aliphatic heterocycles. The van der Waals surface area contributed by atoms with Gasteiger partial charge in [0, 0.05) is 56.8 Å². The van der Waals surface area contributed by atoms with Crippen molar-refractivity contribution < 1.29 is 52.8 Å². The minimum Gasteiger partial charge on any atom is -0.465 e. The smallest absolute Gasteiger partial charge is 0.303 e. The van der Waals surface area contributed by atoms with E-state index >= 15 is 0 Å². The molecule has 1 N–H and O–H groups in total. The summed E-state index contributed by atoms with van der Waals surface area (Å²) in [6, 6.07) is 0. The van der Waals surface area contributed by atoms with Gasteiger partial charge in [0.05, 0.1) is 6.10 Å². The van der Waals surface area contributed by atoms with Crippen molar-refractivity contribution in [2.24, 2.45) is 34.5 Å². The van der Waals surface area contributed by atoms with Crippen molar-refractivity contribution >= 4 is 29.7 Å². The highest BCUT2D eigenvalue weighted by molar-refractivity contribution is 5.91. The number of allylic oxidation sites excluding steroid dienone is 1. The van der Waals surface area contributed by atoms with Crippen LogP contribution in [0.15, 0.2) is 11.6 Å². The second kappa shape index (κ2) is 10.3. The van der Waals surface area contributed by atoms with E-state index in [0.29, 0.717) is 6.42 Å². The number of Topliss-reactive ketones (excluding diaryl/α,β-unsaturated/α-hetero) is 1. The van der Waals surface area contributed by atoms with E-state index in [0.717, 1.165) is 5.57 Å². The van der Waals surface area contributed by atoms with E-state index in [1.807, 2.05) is 13.8 Å². The number of carbonyl (C=O) groups excluding carboxylic acids is 5. The van der Waals surface area contributed by atoms with E-state index < -0.39 is 94.9 Å². The van der Waals surface area contributed by atoms with Gasteiger partial charge in [0.1, 0.15) is 12.7 Å². The van der Waals surface area contributed by atoms with Crippen molar-refractivity contribution in [1.29, 1.82) is 0 Å². The molecule has 216 valence electrons. The van der Waals surface area contributed by atoms with E-state index in [2.05, 4.69) is 0 Å². The molecule has 4 aliphatic rings. The Hall–Kier alpha value is -2.79. The normalized spacial score (nSPS) is 42.7. The van der Waals surface area contributed by atoms with Gasteiger partial charge in [0.25, 0.3) is 0 Å². The lowest BCUT2D eigenvalue weighted by atomic mass is 9.38. The Bertz CT molecular complexity index is 1100. The first-order chi connectivity index (χ1) is 18.1. The maximum absolute atomic E-state index is 14.6. The molecule has 1 heterocycles. The summed E-state index contributed by atoms with van der Waals surface area (Å²) < 4.78 is 28.8. The van der Waals surface area contributed by atoms with E-state index in [1.54, 1.807) is 13.0 Å². The van der Waals surface area contributed by atoms with E-state index in [1.165, 1.54) is 27.7 Å². The van der Waals surface area contributed by atoms with Gasteiger partial charge in [-0.15, -0.1) is 0 Å². The van der Waals surface area contributed by atoms with Crippen LogP contribution in [-0.4, -0.2) is 72.1 Å². The van der Waals surface area contributed by atoms with Crippen LogP contribution in [0.25, 0.3) is 0 Å². The number of aliphatic hydroxyl groups is 1. The summed E-state index contributed by atoms with van der Waals surface area (Å²) in [7, 11) is 0. The number of hydrogen-bond donors (Lipinski definition) is 1. The van der Waals surface area contributed by atoms with E-state index in [9.17, 15) is 29.1 Å². The molecule has 0 aromatic heterocycles. The molecule has 0 aromatic carbocycles. The van der Waals surface area contributed by atoms with Crippen LogP contribution >= 0.6 is 0 Å². The van der Waals surface area contributed by atoms with Crippen molar-refractivity contribution in [3.05, 3.63) is 11.6 Å². The van der Waals surface area contributed by atoms with Gasteiger partial charge < -0.3 is 28.8 Å². The van der Waals surface area contributed by atoms with Crippen LogP contribution in [0.5, 0.6) is 0 Å². The van der Waals surface area contributed by atoms with Crippen LogP contribution in [0.1, 0.15) is 61.3 Å². The largest absolute Gasteiger partial charge is 0.465 e. The number of aliphatic hydroxyl groups excluding tert-OH is 1. The zero-order chi connectivity index (χ0) is 29.0. The first kappa shape index (κ1) is 29.2. The van der Waals surface area contributed by atoms with Crippen LogP contribution in [0.4, 0.5) is 0 Å². The number of rotatable bonds is 5. The fourth-order valence-electron chi connectivity index (χ4n) is 8.25. The quantitative estimate of drug-likeness (QED) is 0.303. The van der Waals surface area contributed by atoms with Crippen LogP contribution in [-0.2, 0) is 47.7 Å². The highest BCUT2D eigenvalue weighted by Gasteiger charge is 2.75. The molecule has 0 amide bonds. The number of ether oxygens (including phenoxy) is 5. The Labute approximate surface area is 227 Å². The maximum Gasteiger partial charge on any atom is 0.303 e. The lowest BCUT2D eigenvalue weighted by Crippen LogP contribution is -2.76. The molecule has 11 atom stereocenters. The molecule has 4 rings (SSSR count). The lowest BCUT2D eigenvalue weighted by Gasteiger charge is -2.68. The molecular weight excluding hydrogens is 512 g/mol. The third-order valence-electron chi connectivity index (χ3n) is 9.41. The van der Waals surface area contributed by atoms with Gasteiger partial charge in [-0.1, -0.05) is 19.4 Å². The molecule has 3 fully saturated rings. The molecule has 11 unspecified atom stereocenters. The van der Waals surface area contributed by atoms with Gasteiger partial charge in [0.15, 0.2) is 24.3 Å². The van der Waals surface area contributed by atoms with E-state index in [-0.39, 0.29) is 13.0 Å². The molecule has 2 saturated carbocycles. The van der Waals surface area contributed by atoms with E-state index in [4.69, 9.17) is 23.7 Å². The van der Waals surface area contributed by atoms with Gasteiger partial charge in [-0.3, -0.25) is 24.0 Å². The minimum atomic E-state index is -1.18. The minimum absolute atomic E-state index is 0.113. The second-order valence-electron chi connectivity index (χ2n) is 11.7. The summed E-state index contributed by atoms with van der Waals surface area (Å²) in [5.74, 6) is -5.23. The average Bonchev–Trinajstić information content (AvgIpc) is 2.80. The maximum atomic E-state index is 14.6. The summed E-state index contributed by atoms with van der Waals surface area (Å²) in [6.45, 7) is 10.2. The first-order valence-corrected chi connectivity index (χ1v) is 13.3. The predicted molar refractivity (Wildman–Crippen MR) is 132 cm³/mol. The topological polar surface area (TPSA) is 152 Å². The van der Waals surface area contributed by atoms with Crippen molar-refractivity contribution in [1.82, 2.24) is 0 Å². The van der Waals surface area contributed by atoms with Crippen molar-refractivity contribution in [3.8, 4) is 0 Å². The average molecular weight is 551 g/mol. The Morgan fingerprint density at radius 3 is 2.18 bits per heavy atom. The van der Waals surface area contributed by atoms with Crippen molar-refractivity contribution in [2.45, 2.75) is 92.0 Å². The highest BCUT2D eigenvalue weighted by atomic mass is 16.6. The SMILES string of the molecule is CC(=O)OCC12C3CC4C(C)=CC(OC(C)=O)C(OC(C)=O)C4(C)C1C(=O)C(OC(C)=O)C(C)C2CC(O)O3. The number of esters is 4. The first-order valence-electron chi connectivity index (χ1n) is 13.3. The van der Waals surface area contributed by atoms with Crippen LogP contribution in [0, 0.1) is 34.5 Å². The second-order valence-corrected chi connectivity index (χ2v) is 11.7. The van der Waals surface area contributed by atoms with Gasteiger partial charge in [-0.25, -0.2) is 0 Å². The molecule has 3 aliphatic carbocycles. The summed E-state index contributed by atoms with van der Waals surface area (Å²) in [6.07, 6.45) is -2.90. The van der Waals surface area contributed by atoms with Crippen LogP contribution in [0.3, 0.4) is 0 Å². The molecule has 0 aromatic rings. The molecule has 0 radical (unpaired) electrons. The van der Waals surface area contributed by atoms with Gasteiger partial charge >= 0.3 is 23.9 Å². The summed E-state index contributed by atoms with van der Waals surface area (Å²) in [5, 5.41) is 10.8. The van der Waals surface area contributed by atoms with Crippen molar-refractivity contribution in [3.63, 3.8) is 0 Å². The fraction of sp³-hybridized carbons (Fsp3) is 0.750.